The van der Waals surface area contributed by atoms with Crippen LogP contribution >= 0.6 is 0 Å². The standard InChI is InChI=1S/C27H28F3N9O4/c1-2-15-9-16(3-4-18(15)25(41)32-5-6-33-26(42)20-10-17(11-34-20)43-14-40)37-23-24-35-13-21(39(24)8-7-31-23)19-12-36-38-22(19)27(28,29)30/h3-4,7-9,12-14,17,20,34H,2,5-6,10-11H2,1H3,(H,31,37)(H,32,41)(H,33,42)(H,36,38)/t17-,20+/m1/s1. The van der Waals surface area contributed by atoms with E-state index in [1.807, 2.05) is 12.0 Å². The molecule has 1 aliphatic rings. The van der Waals surface area contributed by atoms with Crippen LogP contribution in [0, 0.1) is 0 Å². The molecular weight excluding hydrogens is 571 g/mol. The van der Waals surface area contributed by atoms with Crippen molar-refractivity contribution in [3.8, 4) is 11.3 Å². The number of alkyl halides is 3. The van der Waals surface area contributed by atoms with Crippen molar-refractivity contribution in [2.75, 3.05) is 25.0 Å². The molecule has 0 spiro atoms. The number of carbonyl (C=O) groups is 3. The van der Waals surface area contributed by atoms with E-state index >= 15 is 0 Å². The number of H-pyrrole nitrogens is 1. The highest BCUT2D eigenvalue weighted by Crippen LogP contribution is 2.36. The highest BCUT2D eigenvalue weighted by Gasteiger charge is 2.36. The predicted octanol–water partition coefficient (Wildman–Crippen LogP) is 2.19. The molecule has 0 bridgehead atoms. The number of amides is 2. The smallest absolute Gasteiger partial charge is 0.433 e. The van der Waals surface area contributed by atoms with Gasteiger partial charge in [-0.25, -0.2) is 9.97 Å². The average molecular weight is 600 g/mol. The minimum absolute atomic E-state index is 0.145. The number of rotatable bonds is 11. The van der Waals surface area contributed by atoms with Gasteiger partial charge in [-0.1, -0.05) is 6.92 Å². The molecule has 43 heavy (non-hydrogen) atoms. The molecule has 4 heterocycles. The molecule has 1 fully saturated rings. The van der Waals surface area contributed by atoms with E-state index in [-0.39, 0.29) is 42.3 Å². The minimum atomic E-state index is -4.62. The largest absolute Gasteiger partial charge is 0.463 e. The van der Waals surface area contributed by atoms with Crippen molar-refractivity contribution in [3.63, 3.8) is 0 Å². The molecule has 0 saturated carbocycles. The minimum Gasteiger partial charge on any atom is -0.463 e. The van der Waals surface area contributed by atoms with Crippen molar-refractivity contribution < 1.29 is 32.3 Å². The summed E-state index contributed by atoms with van der Waals surface area (Å²) in [5.74, 6) is -0.244. The molecule has 5 N–H and O–H groups in total. The van der Waals surface area contributed by atoms with Crippen LogP contribution in [0.15, 0.2) is 43.0 Å². The topological polar surface area (TPSA) is 167 Å². The maximum absolute atomic E-state index is 13.4. The number of aryl methyl sites for hydroxylation is 1. The summed E-state index contributed by atoms with van der Waals surface area (Å²) in [5.41, 5.74) is 1.17. The van der Waals surface area contributed by atoms with Crippen LogP contribution in [0.5, 0.6) is 0 Å². The molecule has 3 aromatic heterocycles. The lowest BCUT2D eigenvalue weighted by Crippen LogP contribution is -2.43. The molecule has 0 aliphatic carbocycles. The van der Waals surface area contributed by atoms with Crippen molar-refractivity contribution >= 4 is 35.4 Å². The summed E-state index contributed by atoms with van der Waals surface area (Å²) in [6.45, 7) is 3.09. The van der Waals surface area contributed by atoms with E-state index in [0.29, 0.717) is 48.6 Å². The van der Waals surface area contributed by atoms with Crippen LogP contribution in [0.1, 0.15) is 35.0 Å². The second kappa shape index (κ2) is 12.5. The highest BCUT2D eigenvalue weighted by atomic mass is 19.4. The van der Waals surface area contributed by atoms with Crippen molar-refractivity contribution in [1.29, 1.82) is 0 Å². The average Bonchev–Trinajstić information content (AvgIpc) is 3.75. The number of aromatic amines is 1. The number of aromatic nitrogens is 5. The van der Waals surface area contributed by atoms with Crippen LogP contribution in [0.4, 0.5) is 24.7 Å². The fourth-order valence-corrected chi connectivity index (χ4v) is 4.89. The Morgan fingerprint density at radius 2 is 2.00 bits per heavy atom. The van der Waals surface area contributed by atoms with Crippen molar-refractivity contribution in [2.24, 2.45) is 0 Å². The predicted molar refractivity (Wildman–Crippen MR) is 147 cm³/mol. The highest BCUT2D eigenvalue weighted by molar-refractivity contribution is 5.96. The molecule has 0 unspecified atom stereocenters. The van der Waals surface area contributed by atoms with Crippen molar-refractivity contribution in [1.82, 2.24) is 40.5 Å². The number of imidazole rings is 1. The zero-order valence-electron chi connectivity index (χ0n) is 22.9. The first-order chi connectivity index (χ1) is 20.7. The van der Waals surface area contributed by atoms with E-state index < -0.39 is 17.9 Å². The number of fused-ring (bicyclic) bond motifs is 1. The van der Waals surface area contributed by atoms with Gasteiger partial charge in [0.05, 0.1) is 29.7 Å². The van der Waals surface area contributed by atoms with Gasteiger partial charge < -0.3 is 26.0 Å². The van der Waals surface area contributed by atoms with Crippen LogP contribution in [-0.4, -0.2) is 74.6 Å². The van der Waals surface area contributed by atoms with Gasteiger partial charge in [-0.3, -0.25) is 23.9 Å². The maximum atomic E-state index is 13.4. The van der Waals surface area contributed by atoms with Gasteiger partial charge in [0.2, 0.25) is 5.91 Å². The third-order valence-corrected chi connectivity index (χ3v) is 6.99. The molecule has 1 aliphatic heterocycles. The Balaban J connectivity index is 1.22. The molecule has 13 nitrogen and oxygen atoms in total. The Kier molecular flexibility index (Phi) is 8.56. The summed E-state index contributed by atoms with van der Waals surface area (Å²) in [6, 6.07) is 4.66. The molecule has 226 valence electrons. The van der Waals surface area contributed by atoms with Crippen molar-refractivity contribution in [2.45, 2.75) is 38.1 Å². The maximum Gasteiger partial charge on any atom is 0.433 e. The molecule has 5 rings (SSSR count). The summed E-state index contributed by atoms with van der Waals surface area (Å²) < 4.78 is 46.6. The Hall–Kier alpha value is -4.99. The second-order valence-corrected chi connectivity index (χ2v) is 9.72. The quantitative estimate of drug-likeness (QED) is 0.128. The van der Waals surface area contributed by atoms with Gasteiger partial charge in [0, 0.05) is 49.7 Å². The third kappa shape index (κ3) is 6.43. The van der Waals surface area contributed by atoms with Gasteiger partial charge >= 0.3 is 6.18 Å². The number of benzene rings is 1. The normalized spacial score (nSPS) is 16.7. The molecule has 2 amide bonds. The molecule has 16 heteroatoms. The first kappa shape index (κ1) is 29.5. The number of nitrogens with one attached hydrogen (secondary N) is 5. The SMILES string of the molecule is CCc1cc(Nc2nccn3c(-c4cn[nH]c4C(F)(F)F)cnc23)ccc1C(=O)NCCNC(=O)[C@@H]1C[C@@H](OC=O)CN1. The Morgan fingerprint density at radius 3 is 2.77 bits per heavy atom. The van der Waals surface area contributed by atoms with Crippen molar-refractivity contribution in [3.05, 3.63) is 59.8 Å². The Bertz CT molecular complexity index is 1640. The van der Waals surface area contributed by atoms with E-state index in [0.717, 1.165) is 11.8 Å². The summed E-state index contributed by atoms with van der Waals surface area (Å²) in [5, 5.41) is 17.2. The number of carbonyl (C=O) groups excluding carboxylic acids is 3. The summed E-state index contributed by atoms with van der Waals surface area (Å²) >= 11 is 0. The van der Waals surface area contributed by atoms with Gasteiger partial charge in [-0.05, 0) is 30.2 Å². The molecule has 0 radical (unpaired) electrons. The van der Waals surface area contributed by atoms with Crippen LogP contribution in [0.2, 0.25) is 0 Å². The van der Waals surface area contributed by atoms with E-state index in [4.69, 9.17) is 4.74 Å². The summed E-state index contributed by atoms with van der Waals surface area (Å²) in [7, 11) is 0. The van der Waals surface area contributed by atoms with Gasteiger partial charge in [-0.2, -0.15) is 18.3 Å². The Labute approximate surface area is 242 Å². The molecule has 1 aromatic carbocycles. The van der Waals surface area contributed by atoms with E-state index in [9.17, 15) is 27.6 Å². The van der Waals surface area contributed by atoms with E-state index in [1.165, 1.54) is 23.0 Å². The van der Waals surface area contributed by atoms with Gasteiger partial charge in [0.1, 0.15) is 11.8 Å². The second-order valence-electron chi connectivity index (χ2n) is 9.72. The number of hydrogen-bond acceptors (Lipinski definition) is 9. The first-order valence-electron chi connectivity index (χ1n) is 13.4. The molecule has 4 aromatic rings. The zero-order valence-corrected chi connectivity index (χ0v) is 22.9. The van der Waals surface area contributed by atoms with Crippen LogP contribution in [-0.2, 0) is 26.9 Å². The monoisotopic (exact) mass is 599 g/mol. The molecular formula is C27H28F3N9O4. The van der Waals surface area contributed by atoms with Gasteiger partial charge in [-0.15, -0.1) is 0 Å². The van der Waals surface area contributed by atoms with Gasteiger partial charge in [0.15, 0.2) is 11.5 Å². The van der Waals surface area contributed by atoms with Crippen LogP contribution in [0.25, 0.3) is 16.9 Å². The number of halogens is 3. The number of nitrogens with zero attached hydrogens (tertiary/aromatic N) is 4. The van der Waals surface area contributed by atoms with Crippen LogP contribution < -0.4 is 21.3 Å². The molecule has 1 saturated heterocycles. The van der Waals surface area contributed by atoms with E-state index in [2.05, 4.69) is 36.3 Å². The lowest BCUT2D eigenvalue weighted by atomic mass is 10.0. The third-order valence-electron chi connectivity index (χ3n) is 6.99. The number of anilines is 2. The first-order valence-corrected chi connectivity index (χ1v) is 13.4. The molecule has 2 atom stereocenters. The number of hydrogen-bond donors (Lipinski definition) is 5. The fourth-order valence-electron chi connectivity index (χ4n) is 4.89. The summed E-state index contributed by atoms with van der Waals surface area (Å²) in [4.78, 5) is 44.2. The number of ether oxygens (including phenoxy) is 1. The lowest BCUT2D eigenvalue weighted by molar-refractivity contribution is -0.140. The van der Waals surface area contributed by atoms with E-state index in [1.54, 1.807) is 18.2 Å². The fraction of sp³-hybridized carbons (Fsp3) is 0.333. The summed E-state index contributed by atoms with van der Waals surface area (Å²) in [6.07, 6.45) is 1.32. The van der Waals surface area contributed by atoms with Crippen LogP contribution in [0.3, 0.4) is 0 Å². The van der Waals surface area contributed by atoms with Gasteiger partial charge in [0.25, 0.3) is 12.4 Å². The lowest BCUT2D eigenvalue weighted by Gasteiger charge is -2.14. The Morgan fingerprint density at radius 1 is 1.19 bits per heavy atom. The zero-order chi connectivity index (χ0) is 30.6.